The highest BCUT2D eigenvalue weighted by atomic mass is 35.5. The van der Waals surface area contributed by atoms with Gasteiger partial charge in [-0.25, -0.2) is 0 Å². The Morgan fingerprint density at radius 1 is 0.853 bits per heavy atom. The molecule has 0 fully saturated rings. The second kappa shape index (κ2) is 12.0. The standard InChI is InChI=1S/C28H30Cl2N2O2/c1-4-31-28(34)26(16-21-8-6-5-7-9-21)32(18-23-12-13-24(29)25(30)15-23)27(33)17-22-11-10-19(2)20(3)14-22/h5-15,26H,4,16-18H2,1-3H3,(H,31,34)/t26-/m1/s1. The van der Waals surface area contributed by atoms with Crippen LogP contribution in [0.1, 0.15) is 34.7 Å². The number of halogens is 2. The molecule has 6 heteroatoms. The van der Waals surface area contributed by atoms with Crippen LogP contribution >= 0.6 is 23.2 Å². The molecule has 1 N–H and O–H groups in total. The molecule has 178 valence electrons. The number of likely N-dealkylation sites (N-methyl/N-ethyl adjacent to an activating group) is 1. The van der Waals surface area contributed by atoms with Gasteiger partial charge in [-0.1, -0.05) is 77.8 Å². The van der Waals surface area contributed by atoms with E-state index in [1.165, 1.54) is 5.56 Å². The molecule has 0 spiro atoms. The van der Waals surface area contributed by atoms with Crippen molar-refractivity contribution in [2.75, 3.05) is 6.54 Å². The van der Waals surface area contributed by atoms with E-state index in [-0.39, 0.29) is 24.8 Å². The zero-order chi connectivity index (χ0) is 24.7. The molecule has 0 aliphatic rings. The van der Waals surface area contributed by atoms with Crippen molar-refractivity contribution in [1.82, 2.24) is 10.2 Å². The molecule has 0 aliphatic heterocycles. The first kappa shape index (κ1) is 25.8. The van der Waals surface area contributed by atoms with Crippen molar-refractivity contribution in [3.63, 3.8) is 0 Å². The zero-order valence-electron chi connectivity index (χ0n) is 19.8. The van der Waals surface area contributed by atoms with Crippen LogP contribution < -0.4 is 5.32 Å². The number of rotatable bonds is 9. The largest absolute Gasteiger partial charge is 0.355 e. The minimum absolute atomic E-state index is 0.124. The van der Waals surface area contributed by atoms with Gasteiger partial charge < -0.3 is 10.2 Å². The third-order valence-electron chi connectivity index (χ3n) is 5.89. The highest BCUT2D eigenvalue weighted by Crippen LogP contribution is 2.25. The lowest BCUT2D eigenvalue weighted by atomic mass is 10.00. The van der Waals surface area contributed by atoms with Gasteiger partial charge in [0.05, 0.1) is 16.5 Å². The fourth-order valence-corrected chi connectivity index (χ4v) is 4.19. The predicted octanol–water partition coefficient (Wildman–Crippen LogP) is 5.93. The number of benzene rings is 3. The van der Waals surface area contributed by atoms with E-state index >= 15 is 0 Å². The van der Waals surface area contributed by atoms with Gasteiger partial charge in [0.15, 0.2) is 0 Å². The smallest absolute Gasteiger partial charge is 0.243 e. The first-order valence-corrected chi connectivity index (χ1v) is 12.1. The molecule has 0 unspecified atom stereocenters. The van der Waals surface area contributed by atoms with Gasteiger partial charge in [-0.3, -0.25) is 9.59 Å². The summed E-state index contributed by atoms with van der Waals surface area (Å²) in [4.78, 5) is 28.6. The van der Waals surface area contributed by atoms with E-state index in [1.807, 2.05) is 75.4 Å². The lowest BCUT2D eigenvalue weighted by molar-refractivity contribution is -0.140. The normalized spacial score (nSPS) is 11.7. The Kier molecular flexibility index (Phi) is 9.14. The molecule has 1 atom stereocenters. The van der Waals surface area contributed by atoms with Crippen LogP contribution in [0, 0.1) is 13.8 Å². The summed E-state index contributed by atoms with van der Waals surface area (Å²) in [5.41, 5.74) is 5.02. The Balaban J connectivity index is 1.98. The third-order valence-corrected chi connectivity index (χ3v) is 6.62. The van der Waals surface area contributed by atoms with Gasteiger partial charge >= 0.3 is 0 Å². The molecule has 0 heterocycles. The van der Waals surface area contributed by atoms with E-state index in [1.54, 1.807) is 17.0 Å². The van der Waals surface area contributed by atoms with Crippen LogP contribution in [-0.4, -0.2) is 29.3 Å². The Morgan fingerprint density at radius 3 is 2.21 bits per heavy atom. The Morgan fingerprint density at radius 2 is 1.56 bits per heavy atom. The first-order chi connectivity index (χ1) is 16.3. The molecule has 3 rings (SSSR count). The predicted molar refractivity (Wildman–Crippen MR) is 139 cm³/mol. The van der Waals surface area contributed by atoms with Gasteiger partial charge in [-0.2, -0.15) is 0 Å². The number of aryl methyl sites for hydroxylation is 2. The monoisotopic (exact) mass is 496 g/mol. The molecule has 0 aliphatic carbocycles. The van der Waals surface area contributed by atoms with Crippen molar-refractivity contribution >= 4 is 35.0 Å². The van der Waals surface area contributed by atoms with E-state index in [0.717, 1.165) is 22.3 Å². The maximum atomic E-state index is 13.7. The summed E-state index contributed by atoms with van der Waals surface area (Å²) in [6.07, 6.45) is 0.611. The number of amides is 2. The van der Waals surface area contributed by atoms with Gasteiger partial charge in [0.2, 0.25) is 11.8 Å². The molecule has 3 aromatic carbocycles. The molecular formula is C28H30Cl2N2O2. The van der Waals surface area contributed by atoms with Crippen LogP contribution in [0.25, 0.3) is 0 Å². The van der Waals surface area contributed by atoms with Crippen LogP contribution in [-0.2, 0) is 29.0 Å². The molecule has 34 heavy (non-hydrogen) atoms. The van der Waals surface area contributed by atoms with Crippen molar-refractivity contribution in [2.45, 2.75) is 46.2 Å². The van der Waals surface area contributed by atoms with Gasteiger partial charge in [-0.15, -0.1) is 0 Å². The molecule has 0 radical (unpaired) electrons. The van der Waals surface area contributed by atoms with Crippen molar-refractivity contribution in [2.24, 2.45) is 0 Å². The Labute approximate surface area is 211 Å². The summed E-state index contributed by atoms with van der Waals surface area (Å²) in [6.45, 7) is 6.68. The molecule has 2 amide bonds. The van der Waals surface area contributed by atoms with Crippen molar-refractivity contribution in [3.05, 3.63) is 105 Å². The van der Waals surface area contributed by atoms with Crippen molar-refractivity contribution in [1.29, 1.82) is 0 Å². The van der Waals surface area contributed by atoms with Crippen molar-refractivity contribution in [3.8, 4) is 0 Å². The highest BCUT2D eigenvalue weighted by Gasteiger charge is 2.30. The van der Waals surface area contributed by atoms with Crippen LogP contribution in [0.15, 0.2) is 66.7 Å². The van der Waals surface area contributed by atoms with E-state index in [9.17, 15) is 9.59 Å². The van der Waals surface area contributed by atoms with Gasteiger partial charge in [0.25, 0.3) is 0 Å². The second-order valence-electron chi connectivity index (χ2n) is 8.47. The SMILES string of the molecule is CCNC(=O)[C@@H](Cc1ccccc1)N(Cc1ccc(Cl)c(Cl)c1)C(=O)Cc1ccc(C)c(C)c1. The zero-order valence-corrected chi connectivity index (χ0v) is 21.3. The average molecular weight is 497 g/mol. The molecule has 3 aromatic rings. The fraction of sp³-hybridized carbons (Fsp3) is 0.286. The number of nitrogens with zero attached hydrogens (tertiary/aromatic N) is 1. The number of hydrogen-bond donors (Lipinski definition) is 1. The maximum absolute atomic E-state index is 13.7. The van der Waals surface area contributed by atoms with E-state index in [4.69, 9.17) is 23.2 Å². The molecule has 0 aromatic heterocycles. The fourth-order valence-electron chi connectivity index (χ4n) is 3.87. The van der Waals surface area contributed by atoms with Crippen molar-refractivity contribution < 1.29 is 9.59 Å². The maximum Gasteiger partial charge on any atom is 0.243 e. The number of nitrogens with one attached hydrogen (secondary N) is 1. The summed E-state index contributed by atoms with van der Waals surface area (Å²) in [5.74, 6) is -0.304. The number of carbonyl (C=O) groups is 2. The molecule has 0 saturated carbocycles. The van der Waals surface area contributed by atoms with E-state index < -0.39 is 6.04 Å². The van der Waals surface area contributed by atoms with Crippen LogP contribution in [0.5, 0.6) is 0 Å². The van der Waals surface area contributed by atoms with Crippen LogP contribution in [0.4, 0.5) is 0 Å². The summed E-state index contributed by atoms with van der Waals surface area (Å²) in [6, 6.07) is 20.4. The van der Waals surface area contributed by atoms with E-state index in [2.05, 4.69) is 5.32 Å². The quantitative estimate of drug-likeness (QED) is 0.399. The molecule has 0 bridgehead atoms. The second-order valence-corrected chi connectivity index (χ2v) is 9.28. The highest BCUT2D eigenvalue weighted by molar-refractivity contribution is 6.42. The first-order valence-electron chi connectivity index (χ1n) is 11.4. The summed E-state index contributed by atoms with van der Waals surface area (Å²) >= 11 is 12.3. The number of carbonyl (C=O) groups excluding carboxylic acids is 2. The van der Waals surface area contributed by atoms with Crippen LogP contribution in [0.3, 0.4) is 0 Å². The van der Waals surface area contributed by atoms with Gasteiger partial charge in [0.1, 0.15) is 6.04 Å². The Bertz CT molecular complexity index is 1150. The minimum Gasteiger partial charge on any atom is -0.355 e. The summed E-state index contributed by atoms with van der Waals surface area (Å²) in [5, 5.41) is 3.77. The molecular weight excluding hydrogens is 467 g/mol. The number of hydrogen-bond acceptors (Lipinski definition) is 2. The van der Waals surface area contributed by atoms with E-state index in [0.29, 0.717) is 23.0 Å². The summed E-state index contributed by atoms with van der Waals surface area (Å²) in [7, 11) is 0. The van der Waals surface area contributed by atoms with Crippen LogP contribution in [0.2, 0.25) is 10.0 Å². The summed E-state index contributed by atoms with van der Waals surface area (Å²) < 4.78 is 0. The third kappa shape index (κ3) is 6.85. The molecule has 4 nitrogen and oxygen atoms in total. The molecule has 0 saturated heterocycles. The van der Waals surface area contributed by atoms with Gasteiger partial charge in [0, 0.05) is 19.5 Å². The lowest BCUT2D eigenvalue weighted by Crippen LogP contribution is -2.50. The Hall–Kier alpha value is -2.82. The average Bonchev–Trinajstić information content (AvgIpc) is 2.81. The van der Waals surface area contributed by atoms with Gasteiger partial charge in [-0.05, 0) is 60.7 Å². The topological polar surface area (TPSA) is 49.4 Å². The minimum atomic E-state index is -0.671. The lowest BCUT2D eigenvalue weighted by Gasteiger charge is -2.31.